The van der Waals surface area contributed by atoms with Gasteiger partial charge in [0.2, 0.25) is 0 Å². The van der Waals surface area contributed by atoms with E-state index in [4.69, 9.17) is 6.42 Å². The molecular weight excluding hydrogens is 140 g/mol. The van der Waals surface area contributed by atoms with Crippen LogP contribution in [0.1, 0.15) is 23.3 Å². The number of aryl methyl sites for hydroxylation is 1. The van der Waals surface area contributed by atoms with E-state index in [0.29, 0.717) is 0 Å². The van der Waals surface area contributed by atoms with E-state index in [0.717, 1.165) is 0 Å². The van der Waals surface area contributed by atoms with E-state index in [1.54, 1.807) is 11.3 Å². The lowest BCUT2D eigenvalue weighted by molar-refractivity contribution is 1.04. The van der Waals surface area contributed by atoms with Gasteiger partial charge in [-0.05, 0) is 30.9 Å². The fraction of sp³-hybridized carbons (Fsp3) is 0.333. The molecule has 1 aromatic rings. The largest absolute Gasteiger partial charge is 0.147 e. The highest BCUT2D eigenvalue weighted by Crippen LogP contribution is 2.22. The highest BCUT2D eigenvalue weighted by molar-refractivity contribution is 7.10. The monoisotopic (exact) mass is 150 g/mol. The highest BCUT2D eigenvalue weighted by atomic mass is 32.1. The molecule has 0 aliphatic carbocycles. The summed E-state index contributed by atoms with van der Waals surface area (Å²) in [4.78, 5) is 1.29. The van der Waals surface area contributed by atoms with Crippen LogP contribution >= 0.6 is 11.3 Å². The molecule has 1 heteroatoms. The molecule has 0 saturated heterocycles. The lowest BCUT2D eigenvalue weighted by atomic mass is 10.1. The molecule has 10 heavy (non-hydrogen) atoms. The number of hydrogen-bond donors (Lipinski definition) is 0. The molecule has 0 nitrogen and oxygen atoms in total. The molecule has 0 saturated carbocycles. The van der Waals surface area contributed by atoms with Crippen molar-refractivity contribution in [3.8, 4) is 12.3 Å². The Labute approximate surface area is 65.9 Å². The van der Waals surface area contributed by atoms with Gasteiger partial charge in [-0.3, -0.25) is 0 Å². The van der Waals surface area contributed by atoms with E-state index in [1.165, 1.54) is 10.4 Å². The van der Waals surface area contributed by atoms with Gasteiger partial charge in [0, 0.05) is 4.88 Å². The van der Waals surface area contributed by atoms with Crippen molar-refractivity contribution in [2.75, 3.05) is 0 Å². The van der Waals surface area contributed by atoms with Gasteiger partial charge in [0.05, 0.1) is 5.92 Å². The number of terminal acetylenes is 1. The quantitative estimate of drug-likeness (QED) is 0.540. The molecule has 0 spiro atoms. The average molecular weight is 150 g/mol. The van der Waals surface area contributed by atoms with Crippen LogP contribution in [0.5, 0.6) is 0 Å². The predicted molar refractivity (Wildman–Crippen MR) is 46.3 cm³/mol. The molecule has 0 fully saturated rings. The Balaban J connectivity index is 2.87. The molecule has 1 heterocycles. The number of thiophene rings is 1. The first kappa shape index (κ1) is 7.37. The van der Waals surface area contributed by atoms with Crippen LogP contribution in [-0.2, 0) is 0 Å². The summed E-state index contributed by atoms with van der Waals surface area (Å²) in [5.74, 6) is 2.98. The van der Waals surface area contributed by atoms with Crippen molar-refractivity contribution in [2.24, 2.45) is 0 Å². The van der Waals surface area contributed by atoms with Crippen LogP contribution in [0.4, 0.5) is 0 Å². The Morgan fingerprint density at radius 2 is 2.40 bits per heavy atom. The van der Waals surface area contributed by atoms with Crippen molar-refractivity contribution in [1.82, 2.24) is 0 Å². The van der Waals surface area contributed by atoms with Crippen LogP contribution in [0, 0.1) is 19.3 Å². The Morgan fingerprint density at radius 3 is 2.80 bits per heavy atom. The fourth-order valence-corrected chi connectivity index (χ4v) is 1.68. The third-order valence-corrected chi connectivity index (χ3v) is 2.66. The van der Waals surface area contributed by atoms with Gasteiger partial charge in [-0.15, -0.1) is 17.8 Å². The fourth-order valence-electron chi connectivity index (χ4n) is 0.763. The Bertz CT molecular complexity index is 252. The zero-order valence-electron chi connectivity index (χ0n) is 6.22. The smallest absolute Gasteiger partial charge is 0.0515 e. The third-order valence-electron chi connectivity index (χ3n) is 1.43. The SMILES string of the molecule is C#CC(C)c1cc(C)cs1. The van der Waals surface area contributed by atoms with Gasteiger partial charge in [-0.1, -0.05) is 5.92 Å². The van der Waals surface area contributed by atoms with Gasteiger partial charge in [0.1, 0.15) is 0 Å². The lowest BCUT2D eigenvalue weighted by Crippen LogP contribution is -1.81. The Kier molecular flexibility index (Phi) is 2.13. The second-order valence-corrected chi connectivity index (χ2v) is 3.36. The molecule has 0 aliphatic heterocycles. The molecule has 0 aromatic carbocycles. The molecular formula is C9H10S. The number of rotatable bonds is 1. The van der Waals surface area contributed by atoms with Crippen molar-refractivity contribution < 1.29 is 0 Å². The summed E-state index contributed by atoms with van der Waals surface area (Å²) in [7, 11) is 0. The highest BCUT2D eigenvalue weighted by Gasteiger charge is 2.02. The van der Waals surface area contributed by atoms with Crippen molar-refractivity contribution in [2.45, 2.75) is 19.8 Å². The van der Waals surface area contributed by atoms with Crippen molar-refractivity contribution in [3.05, 3.63) is 21.9 Å². The molecule has 1 atom stereocenters. The molecule has 0 amide bonds. The van der Waals surface area contributed by atoms with Crippen molar-refractivity contribution >= 4 is 11.3 Å². The minimum absolute atomic E-state index is 0.277. The van der Waals surface area contributed by atoms with Gasteiger partial charge in [-0.25, -0.2) is 0 Å². The van der Waals surface area contributed by atoms with Crippen LogP contribution in [0.15, 0.2) is 11.4 Å². The predicted octanol–water partition coefficient (Wildman–Crippen LogP) is 2.79. The zero-order chi connectivity index (χ0) is 7.56. The Morgan fingerprint density at radius 1 is 1.70 bits per heavy atom. The van der Waals surface area contributed by atoms with Gasteiger partial charge < -0.3 is 0 Å². The molecule has 0 bridgehead atoms. The summed E-state index contributed by atoms with van der Waals surface area (Å²) in [6.45, 7) is 4.13. The summed E-state index contributed by atoms with van der Waals surface area (Å²) < 4.78 is 0. The summed E-state index contributed by atoms with van der Waals surface area (Å²) >= 11 is 1.74. The summed E-state index contributed by atoms with van der Waals surface area (Å²) in [5, 5.41) is 2.13. The molecule has 1 unspecified atom stereocenters. The average Bonchev–Trinajstić information content (AvgIpc) is 2.34. The minimum Gasteiger partial charge on any atom is -0.147 e. The standard InChI is InChI=1S/C9H10S/c1-4-8(3)9-5-7(2)6-10-9/h1,5-6,8H,2-3H3. The Hall–Kier alpha value is -0.740. The van der Waals surface area contributed by atoms with E-state index in [-0.39, 0.29) is 5.92 Å². The molecule has 0 N–H and O–H groups in total. The summed E-state index contributed by atoms with van der Waals surface area (Å²) in [6, 6.07) is 2.15. The lowest BCUT2D eigenvalue weighted by Gasteiger charge is -1.95. The second kappa shape index (κ2) is 2.90. The summed E-state index contributed by atoms with van der Waals surface area (Å²) in [5.41, 5.74) is 1.31. The first-order chi connectivity index (χ1) is 4.74. The third kappa shape index (κ3) is 1.40. The molecule has 0 aliphatic rings. The maximum absolute atomic E-state index is 5.27. The minimum atomic E-state index is 0.277. The van der Waals surface area contributed by atoms with Crippen LogP contribution in [0.25, 0.3) is 0 Å². The first-order valence-corrected chi connectivity index (χ1v) is 4.13. The topological polar surface area (TPSA) is 0 Å². The van der Waals surface area contributed by atoms with Gasteiger partial charge in [0.15, 0.2) is 0 Å². The summed E-state index contributed by atoms with van der Waals surface area (Å²) in [6.07, 6.45) is 5.27. The van der Waals surface area contributed by atoms with Gasteiger partial charge in [0.25, 0.3) is 0 Å². The molecule has 1 aromatic heterocycles. The molecule has 1 rings (SSSR count). The van der Waals surface area contributed by atoms with Crippen molar-refractivity contribution in [3.63, 3.8) is 0 Å². The van der Waals surface area contributed by atoms with Crippen molar-refractivity contribution in [1.29, 1.82) is 0 Å². The van der Waals surface area contributed by atoms with E-state index < -0.39 is 0 Å². The second-order valence-electron chi connectivity index (χ2n) is 2.41. The van der Waals surface area contributed by atoms with Gasteiger partial charge >= 0.3 is 0 Å². The van der Waals surface area contributed by atoms with Crippen LogP contribution in [0.3, 0.4) is 0 Å². The van der Waals surface area contributed by atoms with E-state index >= 15 is 0 Å². The molecule has 52 valence electrons. The zero-order valence-corrected chi connectivity index (χ0v) is 7.03. The van der Waals surface area contributed by atoms with Gasteiger partial charge in [-0.2, -0.15) is 0 Å². The normalized spacial score (nSPS) is 12.5. The van der Waals surface area contributed by atoms with E-state index in [2.05, 4.69) is 24.3 Å². The maximum Gasteiger partial charge on any atom is 0.0515 e. The van der Waals surface area contributed by atoms with Crippen LogP contribution in [-0.4, -0.2) is 0 Å². The van der Waals surface area contributed by atoms with Crippen LogP contribution < -0.4 is 0 Å². The first-order valence-electron chi connectivity index (χ1n) is 3.25. The van der Waals surface area contributed by atoms with E-state index in [1.807, 2.05) is 6.92 Å². The maximum atomic E-state index is 5.27. The molecule has 0 radical (unpaired) electrons. The van der Waals surface area contributed by atoms with Crippen LogP contribution in [0.2, 0.25) is 0 Å². The number of hydrogen-bond acceptors (Lipinski definition) is 1. The van der Waals surface area contributed by atoms with E-state index in [9.17, 15) is 0 Å².